The van der Waals surface area contributed by atoms with Gasteiger partial charge in [0.15, 0.2) is 5.71 Å². The summed E-state index contributed by atoms with van der Waals surface area (Å²) in [5.41, 5.74) is 2.50. The van der Waals surface area contributed by atoms with E-state index in [4.69, 9.17) is 26.0 Å². The number of rotatable bonds is 8. The van der Waals surface area contributed by atoms with Crippen LogP contribution in [0, 0.1) is 6.92 Å². The van der Waals surface area contributed by atoms with Gasteiger partial charge in [0.25, 0.3) is 0 Å². The summed E-state index contributed by atoms with van der Waals surface area (Å²) in [6.07, 6.45) is -4.82. The fourth-order valence-electron chi connectivity index (χ4n) is 2.73. The average Bonchev–Trinajstić information content (AvgIpc) is 2.78. The quantitative estimate of drug-likeness (QED) is 0.250. The van der Waals surface area contributed by atoms with Gasteiger partial charge in [0.1, 0.15) is 19.5 Å². The number of benzene rings is 2. The van der Waals surface area contributed by atoms with Crippen molar-refractivity contribution in [2.24, 2.45) is 10.3 Å². The van der Waals surface area contributed by atoms with Crippen LogP contribution in [-0.2, 0) is 25.8 Å². The highest BCUT2D eigenvalue weighted by atomic mass is 35.5. The van der Waals surface area contributed by atoms with Crippen LogP contribution in [0.4, 0.5) is 13.2 Å². The van der Waals surface area contributed by atoms with Gasteiger partial charge in [-0.1, -0.05) is 54.0 Å². The van der Waals surface area contributed by atoms with Gasteiger partial charge >= 0.3 is 12.3 Å². The number of halogens is 4. The Balaban J connectivity index is 0.00000281. The van der Waals surface area contributed by atoms with Crippen molar-refractivity contribution in [3.63, 3.8) is 0 Å². The van der Waals surface area contributed by atoms with Crippen molar-refractivity contribution < 1.29 is 37.1 Å². The van der Waals surface area contributed by atoms with Gasteiger partial charge in [0.2, 0.25) is 0 Å². The number of carbonyl (C=O) groups is 1. The molecular formula is C23H26ClF3N2O5. The standard InChI is InChI=1S/C21H20ClF3N2O5.C2H6/c1-12-6-5-7-16(19(27-30-4)20(28)29-3)17(12)11-31-26-13(2)15-9-8-14(10-18(15)22)32-21(23,24)25;1-2/h5-10H,11H2,1-4H3;1-2H3/b26-13+,27-19+;. The first kappa shape index (κ1) is 28.8. The molecule has 2 rings (SSSR count). The zero-order valence-electron chi connectivity index (χ0n) is 19.6. The summed E-state index contributed by atoms with van der Waals surface area (Å²) in [4.78, 5) is 22.3. The summed E-state index contributed by atoms with van der Waals surface area (Å²) in [7, 11) is 2.53. The minimum Gasteiger partial charge on any atom is -0.464 e. The van der Waals surface area contributed by atoms with E-state index in [1.165, 1.54) is 20.3 Å². The molecule has 0 radical (unpaired) electrons. The summed E-state index contributed by atoms with van der Waals surface area (Å²) < 4.78 is 45.6. The molecule has 0 heterocycles. The Morgan fingerprint density at radius 3 is 2.29 bits per heavy atom. The van der Waals surface area contributed by atoms with Gasteiger partial charge in [0, 0.05) is 16.7 Å². The van der Waals surface area contributed by atoms with E-state index in [1.807, 2.05) is 26.8 Å². The van der Waals surface area contributed by atoms with Gasteiger partial charge in [-0.3, -0.25) is 0 Å². The fraction of sp³-hybridized carbons (Fsp3) is 0.348. The number of ether oxygens (including phenoxy) is 2. The van der Waals surface area contributed by atoms with E-state index >= 15 is 0 Å². The Bertz CT molecular complexity index is 1040. The van der Waals surface area contributed by atoms with Gasteiger partial charge in [-0.05, 0) is 37.6 Å². The first-order chi connectivity index (χ1) is 16.1. The highest BCUT2D eigenvalue weighted by Crippen LogP contribution is 2.28. The van der Waals surface area contributed by atoms with Crippen LogP contribution in [0.3, 0.4) is 0 Å². The Hall–Kier alpha value is -3.27. The summed E-state index contributed by atoms with van der Waals surface area (Å²) in [5.74, 6) is -1.14. The molecule has 0 bridgehead atoms. The van der Waals surface area contributed by atoms with E-state index in [0.29, 0.717) is 22.4 Å². The monoisotopic (exact) mass is 502 g/mol. The molecule has 0 aliphatic heterocycles. The minimum atomic E-state index is -4.82. The Kier molecular flexibility index (Phi) is 11.4. The second-order valence-corrected chi connectivity index (χ2v) is 6.76. The molecule has 0 aliphatic carbocycles. The molecule has 0 unspecified atom stereocenters. The normalized spacial score (nSPS) is 11.8. The van der Waals surface area contributed by atoms with Crippen molar-refractivity contribution in [3.05, 3.63) is 63.7 Å². The molecule has 2 aromatic rings. The number of hydrogen-bond acceptors (Lipinski definition) is 7. The van der Waals surface area contributed by atoms with Gasteiger partial charge in [-0.2, -0.15) is 0 Å². The molecule has 0 amide bonds. The lowest BCUT2D eigenvalue weighted by Crippen LogP contribution is -2.20. The third-order valence-corrected chi connectivity index (χ3v) is 4.51. The topological polar surface area (TPSA) is 78.7 Å². The van der Waals surface area contributed by atoms with Crippen molar-refractivity contribution in [1.82, 2.24) is 0 Å². The number of esters is 1. The number of alkyl halides is 3. The molecule has 186 valence electrons. The molecule has 0 aliphatic rings. The van der Waals surface area contributed by atoms with Crippen molar-refractivity contribution in [1.29, 1.82) is 0 Å². The number of oxime groups is 2. The van der Waals surface area contributed by atoms with Crippen LogP contribution < -0.4 is 4.74 Å². The smallest absolute Gasteiger partial charge is 0.464 e. The third-order valence-electron chi connectivity index (χ3n) is 4.20. The van der Waals surface area contributed by atoms with Crippen LogP contribution >= 0.6 is 11.6 Å². The van der Waals surface area contributed by atoms with Crippen LogP contribution in [0.1, 0.15) is 43.0 Å². The van der Waals surface area contributed by atoms with Crippen molar-refractivity contribution >= 4 is 29.0 Å². The maximum Gasteiger partial charge on any atom is 0.573 e. The molecule has 34 heavy (non-hydrogen) atoms. The second-order valence-electron chi connectivity index (χ2n) is 6.35. The molecule has 0 aromatic heterocycles. The van der Waals surface area contributed by atoms with E-state index in [2.05, 4.69) is 15.0 Å². The lowest BCUT2D eigenvalue weighted by atomic mass is 9.99. The number of aryl methyl sites for hydroxylation is 1. The zero-order chi connectivity index (χ0) is 25.9. The zero-order valence-corrected chi connectivity index (χ0v) is 20.4. The van der Waals surface area contributed by atoms with E-state index in [0.717, 1.165) is 17.7 Å². The van der Waals surface area contributed by atoms with E-state index in [-0.39, 0.29) is 17.3 Å². The maximum absolute atomic E-state index is 12.3. The van der Waals surface area contributed by atoms with Crippen LogP contribution in [0.25, 0.3) is 0 Å². The molecule has 0 atom stereocenters. The van der Waals surface area contributed by atoms with Crippen molar-refractivity contribution in [2.75, 3.05) is 14.2 Å². The molecule has 11 heteroatoms. The first-order valence-electron chi connectivity index (χ1n) is 10.1. The maximum atomic E-state index is 12.3. The predicted molar refractivity (Wildman–Crippen MR) is 123 cm³/mol. The molecule has 0 saturated carbocycles. The molecular weight excluding hydrogens is 477 g/mol. The lowest BCUT2D eigenvalue weighted by molar-refractivity contribution is -0.274. The number of nitrogens with zero attached hydrogens (tertiary/aromatic N) is 2. The van der Waals surface area contributed by atoms with E-state index in [1.54, 1.807) is 19.1 Å². The molecule has 7 nitrogen and oxygen atoms in total. The summed E-state index contributed by atoms with van der Waals surface area (Å²) in [6.45, 7) is 7.36. The predicted octanol–water partition coefficient (Wildman–Crippen LogP) is 6.04. The number of methoxy groups -OCH3 is 1. The third kappa shape index (κ3) is 8.26. The lowest BCUT2D eigenvalue weighted by Gasteiger charge is -2.13. The van der Waals surface area contributed by atoms with Crippen LogP contribution in [0.5, 0.6) is 5.75 Å². The van der Waals surface area contributed by atoms with Crippen molar-refractivity contribution in [2.45, 2.75) is 40.7 Å². The fourth-order valence-corrected chi connectivity index (χ4v) is 3.04. The summed E-state index contributed by atoms with van der Waals surface area (Å²) >= 11 is 6.06. The molecule has 0 saturated heterocycles. The number of carbonyl (C=O) groups excluding carboxylic acids is 1. The van der Waals surface area contributed by atoms with Gasteiger partial charge in [0.05, 0.1) is 17.8 Å². The van der Waals surface area contributed by atoms with Crippen LogP contribution in [0.15, 0.2) is 46.7 Å². The summed E-state index contributed by atoms with van der Waals surface area (Å²) in [5, 5.41) is 7.74. The van der Waals surface area contributed by atoms with Crippen LogP contribution in [-0.4, -0.2) is 38.0 Å². The molecule has 0 N–H and O–H groups in total. The van der Waals surface area contributed by atoms with Gasteiger partial charge in [-0.25, -0.2) is 4.79 Å². The Labute approximate surface area is 201 Å². The second kappa shape index (κ2) is 13.4. The van der Waals surface area contributed by atoms with Gasteiger partial charge in [-0.15, -0.1) is 13.2 Å². The SMILES string of the molecule is CC.CO/N=C(/C(=O)OC)c1cccc(C)c1CO/N=C(\C)c1ccc(OC(F)(F)F)cc1Cl. The minimum absolute atomic E-state index is 0.00776. The van der Waals surface area contributed by atoms with Crippen molar-refractivity contribution in [3.8, 4) is 5.75 Å². The van der Waals surface area contributed by atoms with E-state index in [9.17, 15) is 18.0 Å². The Morgan fingerprint density at radius 2 is 1.74 bits per heavy atom. The average molecular weight is 503 g/mol. The molecule has 2 aromatic carbocycles. The largest absolute Gasteiger partial charge is 0.573 e. The Morgan fingerprint density at radius 1 is 1.06 bits per heavy atom. The molecule has 0 spiro atoms. The highest BCUT2D eigenvalue weighted by molar-refractivity contribution is 6.43. The van der Waals surface area contributed by atoms with Crippen LogP contribution in [0.2, 0.25) is 5.02 Å². The van der Waals surface area contributed by atoms with Gasteiger partial charge < -0.3 is 19.1 Å². The number of hydrogen-bond donors (Lipinski definition) is 0. The highest BCUT2D eigenvalue weighted by Gasteiger charge is 2.31. The molecule has 0 fully saturated rings. The van der Waals surface area contributed by atoms with E-state index < -0.39 is 18.1 Å². The summed E-state index contributed by atoms with van der Waals surface area (Å²) in [6, 6.07) is 8.71. The first-order valence-corrected chi connectivity index (χ1v) is 10.5.